The van der Waals surface area contributed by atoms with Gasteiger partial charge in [-0.3, -0.25) is 20.9 Å². The van der Waals surface area contributed by atoms with Crippen LogP contribution in [-0.4, -0.2) is 59.4 Å². The fourth-order valence-electron chi connectivity index (χ4n) is 2.55. The number of nitrogens with one attached hydrogen (secondary N) is 1. The maximum Gasteiger partial charge on any atom is 0.0658 e. The molecule has 1 aromatic rings. The summed E-state index contributed by atoms with van der Waals surface area (Å²) in [5, 5.41) is 4.33. The standard InChI is InChI=1S/C12H24N6/c1-4-18-8-10(7-14-18)12(15-13)11-9-16(2)5-6-17(11)3/h7-8,11-12,15H,4-6,9,13H2,1-3H3. The third-order valence-electron chi connectivity index (χ3n) is 3.80. The highest BCUT2D eigenvalue weighted by atomic mass is 15.3. The molecule has 1 saturated heterocycles. The molecule has 0 radical (unpaired) electrons. The predicted octanol–water partition coefficient (Wildman–Crippen LogP) is -0.347. The normalized spacial score (nSPS) is 24.3. The maximum absolute atomic E-state index is 5.76. The van der Waals surface area contributed by atoms with Crippen LogP contribution in [-0.2, 0) is 6.54 Å². The number of hydrogen-bond acceptors (Lipinski definition) is 5. The maximum atomic E-state index is 5.76. The molecule has 1 aliphatic rings. The lowest BCUT2D eigenvalue weighted by atomic mass is 9.99. The number of likely N-dealkylation sites (N-methyl/N-ethyl adjacent to an activating group) is 2. The molecule has 0 saturated carbocycles. The van der Waals surface area contributed by atoms with Gasteiger partial charge in [0.05, 0.1) is 12.2 Å². The average Bonchev–Trinajstić information content (AvgIpc) is 2.83. The van der Waals surface area contributed by atoms with E-state index < -0.39 is 0 Å². The topological polar surface area (TPSA) is 62.4 Å². The Labute approximate surface area is 109 Å². The molecule has 1 fully saturated rings. The van der Waals surface area contributed by atoms with Crippen LogP contribution in [0.2, 0.25) is 0 Å². The van der Waals surface area contributed by atoms with Crippen molar-refractivity contribution in [2.45, 2.75) is 25.6 Å². The SMILES string of the molecule is CCn1cc(C(NN)C2CN(C)CCN2C)cn1. The highest BCUT2D eigenvalue weighted by molar-refractivity contribution is 5.14. The first kappa shape index (κ1) is 13.5. The summed E-state index contributed by atoms with van der Waals surface area (Å²) in [6, 6.07) is 0.501. The number of hydrogen-bond donors (Lipinski definition) is 2. The zero-order valence-corrected chi connectivity index (χ0v) is 11.5. The van der Waals surface area contributed by atoms with E-state index in [4.69, 9.17) is 5.84 Å². The highest BCUT2D eigenvalue weighted by Gasteiger charge is 2.30. The predicted molar refractivity (Wildman–Crippen MR) is 71.9 cm³/mol. The second-order valence-corrected chi connectivity index (χ2v) is 5.08. The van der Waals surface area contributed by atoms with E-state index in [1.165, 1.54) is 0 Å². The third kappa shape index (κ3) is 2.72. The van der Waals surface area contributed by atoms with Crippen LogP contribution in [0.25, 0.3) is 0 Å². The van der Waals surface area contributed by atoms with Crippen LogP contribution in [0.3, 0.4) is 0 Å². The van der Waals surface area contributed by atoms with Gasteiger partial charge in [-0.05, 0) is 21.0 Å². The highest BCUT2D eigenvalue weighted by Crippen LogP contribution is 2.22. The second-order valence-electron chi connectivity index (χ2n) is 5.08. The summed E-state index contributed by atoms with van der Waals surface area (Å²) >= 11 is 0. The number of nitrogens with zero attached hydrogens (tertiary/aromatic N) is 4. The summed E-state index contributed by atoms with van der Waals surface area (Å²) in [6.07, 6.45) is 3.99. The molecule has 3 N–H and O–H groups in total. The van der Waals surface area contributed by atoms with Gasteiger partial charge in [0.1, 0.15) is 0 Å². The van der Waals surface area contributed by atoms with Crippen LogP contribution in [0.5, 0.6) is 0 Å². The molecule has 6 heteroatoms. The van der Waals surface area contributed by atoms with Gasteiger partial charge in [-0.15, -0.1) is 0 Å². The van der Waals surface area contributed by atoms with E-state index >= 15 is 0 Å². The number of piperazine rings is 1. The number of hydrazine groups is 1. The Bertz CT molecular complexity index is 376. The summed E-state index contributed by atoms with van der Waals surface area (Å²) in [5.41, 5.74) is 4.11. The molecule has 102 valence electrons. The van der Waals surface area contributed by atoms with Crippen LogP contribution < -0.4 is 11.3 Å². The van der Waals surface area contributed by atoms with Gasteiger partial charge >= 0.3 is 0 Å². The fourth-order valence-corrected chi connectivity index (χ4v) is 2.55. The van der Waals surface area contributed by atoms with Crippen LogP contribution in [0, 0.1) is 0 Å². The molecule has 2 heterocycles. The Morgan fingerprint density at radius 3 is 2.89 bits per heavy atom. The van der Waals surface area contributed by atoms with Crippen LogP contribution in [0.4, 0.5) is 0 Å². The first-order valence-corrected chi connectivity index (χ1v) is 6.53. The van der Waals surface area contributed by atoms with Gasteiger partial charge in [-0.2, -0.15) is 5.10 Å². The number of aryl methyl sites for hydroxylation is 1. The van der Waals surface area contributed by atoms with Crippen molar-refractivity contribution in [2.75, 3.05) is 33.7 Å². The largest absolute Gasteiger partial charge is 0.303 e. The molecule has 2 atom stereocenters. The van der Waals surface area contributed by atoms with Crippen LogP contribution >= 0.6 is 0 Å². The Balaban J connectivity index is 2.16. The van der Waals surface area contributed by atoms with E-state index in [9.17, 15) is 0 Å². The summed E-state index contributed by atoms with van der Waals surface area (Å²) in [4.78, 5) is 4.72. The van der Waals surface area contributed by atoms with Crippen molar-refractivity contribution in [3.63, 3.8) is 0 Å². The quantitative estimate of drug-likeness (QED) is 0.567. The van der Waals surface area contributed by atoms with E-state index in [1.807, 2.05) is 10.9 Å². The molecule has 1 aliphatic heterocycles. The zero-order chi connectivity index (χ0) is 13.1. The van der Waals surface area contributed by atoms with E-state index in [0.717, 1.165) is 31.7 Å². The number of rotatable bonds is 4. The molecule has 0 aliphatic carbocycles. The van der Waals surface area contributed by atoms with Gasteiger partial charge < -0.3 is 4.90 Å². The third-order valence-corrected chi connectivity index (χ3v) is 3.80. The fraction of sp³-hybridized carbons (Fsp3) is 0.750. The first-order valence-electron chi connectivity index (χ1n) is 6.53. The Morgan fingerprint density at radius 1 is 1.50 bits per heavy atom. The molecule has 1 aromatic heterocycles. The molecule has 6 nitrogen and oxygen atoms in total. The van der Waals surface area contributed by atoms with Crippen molar-refractivity contribution in [2.24, 2.45) is 5.84 Å². The minimum atomic E-state index is 0.123. The van der Waals surface area contributed by atoms with Crippen molar-refractivity contribution in [3.05, 3.63) is 18.0 Å². The van der Waals surface area contributed by atoms with Crippen molar-refractivity contribution >= 4 is 0 Å². The number of aromatic nitrogens is 2. The van der Waals surface area contributed by atoms with E-state index in [1.54, 1.807) is 0 Å². The van der Waals surface area contributed by atoms with Gasteiger partial charge in [-0.25, -0.2) is 0 Å². The molecule has 0 aromatic carbocycles. The van der Waals surface area contributed by atoms with Crippen molar-refractivity contribution in [1.29, 1.82) is 0 Å². The average molecular weight is 252 g/mol. The number of nitrogens with two attached hydrogens (primary N) is 1. The molecule has 0 spiro atoms. The molecular formula is C12H24N6. The summed E-state index contributed by atoms with van der Waals surface area (Å²) < 4.78 is 1.94. The van der Waals surface area contributed by atoms with Gasteiger partial charge in [0.25, 0.3) is 0 Å². The minimum absolute atomic E-state index is 0.123. The van der Waals surface area contributed by atoms with Crippen molar-refractivity contribution < 1.29 is 0 Å². The van der Waals surface area contributed by atoms with Gasteiger partial charge in [-0.1, -0.05) is 0 Å². The van der Waals surface area contributed by atoms with E-state index in [0.29, 0.717) is 6.04 Å². The Hall–Kier alpha value is -0.950. The lowest BCUT2D eigenvalue weighted by molar-refractivity contribution is 0.0876. The van der Waals surface area contributed by atoms with Crippen molar-refractivity contribution in [1.82, 2.24) is 25.0 Å². The molecule has 0 amide bonds. The summed E-state index contributed by atoms with van der Waals surface area (Å²) in [7, 11) is 4.31. The smallest absolute Gasteiger partial charge is 0.0658 e. The molecule has 2 rings (SSSR count). The molecular weight excluding hydrogens is 228 g/mol. The lowest BCUT2D eigenvalue weighted by Crippen LogP contribution is -2.56. The molecule has 0 bridgehead atoms. The minimum Gasteiger partial charge on any atom is -0.303 e. The summed E-state index contributed by atoms with van der Waals surface area (Å²) in [6.45, 7) is 6.17. The Morgan fingerprint density at radius 2 is 2.28 bits per heavy atom. The van der Waals surface area contributed by atoms with Crippen LogP contribution in [0.1, 0.15) is 18.5 Å². The monoisotopic (exact) mass is 252 g/mol. The van der Waals surface area contributed by atoms with Crippen molar-refractivity contribution in [3.8, 4) is 0 Å². The van der Waals surface area contributed by atoms with Gasteiger partial charge in [0.15, 0.2) is 0 Å². The summed E-state index contributed by atoms with van der Waals surface area (Å²) in [5.74, 6) is 5.76. The van der Waals surface area contributed by atoms with Crippen LogP contribution in [0.15, 0.2) is 12.4 Å². The Kier molecular flexibility index (Phi) is 4.34. The first-order chi connectivity index (χ1) is 8.65. The zero-order valence-electron chi connectivity index (χ0n) is 11.5. The molecule has 2 unspecified atom stereocenters. The van der Waals surface area contributed by atoms with E-state index in [-0.39, 0.29) is 6.04 Å². The van der Waals surface area contributed by atoms with Gasteiger partial charge in [0, 0.05) is 44.0 Å². The molecule has 18 heavy (non-hydrogen) atoms. The van der Waals surface area contributed by atoms with E-state index in [2.05, 4.69) is 47.5 Å². The lowest BCUT2D eigenvalue weighted by Gasteiger charge is -2.41. The van der Waals surface area contributed by atoms with Gasteiger partial charge in [0.2, 0.25) is 0 Å². The second kappa shape index (κ2) is 5.79.